The molecule has 3 aromatic rings. The zero-order valence-corrected chi connectivity index (χ0v) is 17.3. The van der Waals surface area contributed by atoms with Gasteiger partial charge in [-0.1, -0.05) is 22.0 Å². The van der Waals surface area contributed by atoms with Crippen molar-refractivity contribution >= 4 is 27.7 Å². The first-order chi connectivity index (χ1) is 13.6. The number of nitrogens with one attached hydrogen (secondary N) is 1. The van der Waals surface area contributed by atoms with E-state index in [0.29, 0.717) is 12.1 Å². The van der Waals surface area contributed by atoms with E-state index in [1.165, 1.54) is 12.8 Å². The Kier molecular flexibility index (Phi) is 5.43. The second-order valence-electron chi connectivity index (χ2n) is 6.93. The molecule has 0 bridgehead atoms. The van der Waals surface area contributed by atoms with Crippen molar-refractivity contribution in [2.45, 2.75) is 26.3 Å². The van der Waals surface area contributed by atoms with Crippen LogP contribution in [0.1, 0.15) is 34.5 Å². The molecule has 1 aromatic carbocycles. The highest BCUT2D eigenvalue weighted by Gasteiger charge is 2.16. The molecule has 4 rings (SSSR count). The summed E-state index contributed by atoms with van der Waals surface area (Å²) in [6.07, 6.45) is 5.91. The quantitative estimate of drug-likeness (QED) is 0.655. The van der Waals surface area contributed by atoms with Gasteiger partial charge in [0.25, 0.3) is 5.91 Å². The van der Waals surface area contributed by atoms with Gasteiger partial charge in [0.05, 0.1) is 23.1 Å². The zero-order chi connectivity index (χ0) is 19.5. The molecule has 0 radical (unpaired) electrons. The molecule has 0 unspecified atom stereocenters. The molecular weight excluding hydrogens is 418 g/mol. The van der Waals surface area contributed by atoms with Gasteiger partial charge < -0.3 is 10.2 Å². The normalized spacial score (nSPS) is 13.7. The van der Waals surface area contributed by atoms with E-state index in [4.69, 9.17) is 0 Å². The van der Waals surface area contributed by atoms with E-state index in [2.05, 4.69) is 36.2 Å². The van der Waals surface area contributed by atoms with Crippen LogP contribution >= 0.6 is 15.9 Å². The van der Waals surface area contributed by atoms with Crippen LogP contribution in [0.15, 0.2) is 53.3 Å². The number of pyridine rings is 1. The maximum atomic E-state index is 12.6. The number of rotatable bonds is 5. The van der Waals surface area contributed by atoms with Gasteiger partial charge in [-0.2, -0.15) is 5.10 Å². The number of nitrogens with zero attached hydrogens (tertiary/aromatic N) is 4. The summed E-state index contributed by atoms with van der Waals surface area (Å²) in [5, 5.41) is 7.34. The Bertz CT molecular complexity index is 959. The maximum absolute atomic E-state index is 12.6. The molecular formula is C21H22BrN5O. The average molecular weight is 440 g/mol. The van der Waals surface area contributed by atoms with Crippen molar-refractivity contribution in [3.05, 3.63) is 70.1 Å². The summed E-state index contributed by atoms with van der Waals surface area (Å²) in [5.41, 5.74) is 3.28. The molecule has 0 spiro atoms. The molecule has 1 N–H and O–H groups in total. The molecule has 7 heteroatoms. The Labute approximate surface area is 172 Å². The summed E-state index contributed by atoms with van der Waals surface area (Å²) in [4.78, 5) is 19.4. The van der Waals surface area contributed by atoms with Crippen molar-refractivity contribution in [3.8, 4) is 5.69 Å². The van der Waals surface area contributed by atoms with E-state index in [-0.39, 0.29) is 5.91 Å². The van der Waals surface area contributed by atoms with Crippen LogP contribution in [-0.2, 0) is 6.54 Å². The summed E-state index contributed by atoms with van der Waals surface area (Å²) in [7, 11) is 0. The number of amides is 1. The molecule has 1 fully saturated rings. The summed E-state index contributed by atoms with van der Waals surface area (Å²) in [6, 6.07) is 11.9. The Morgan fingerprint density at radius 1 is 1.11 bits per heavy atom. The highest BCUT2D eigenvalue weighted by Crippen LogP contribution is 2.19. The van der Waals surface area contributed by atoms with Crippen molar-refractivity contribution in [3.63, 3.8) is 0 Å². The van der Waals surface area contributed by atoms with Crippen molar-refractivity contribution in [1.82, 2.24) is 20.1 Å². The summed E-state index contributed by atoms with van der Waals surface area (Å²) in [6.45, 7) is 4.49. The molecule has 0 atom stereocenters. The molecule has 6 nitrogen and oxygen atoms in total. The molecule has 1 amide bonds. The number of benzene rings is 1. The fourth-order valence-corrected chi connectivity index (χ4v) is 3.67. The first kappa shape index (κ1) is 18.7. The fourth-order valence-electron chi connectivity index (χ4n) is 3.41. The number of aromatic nitrogens is 3. The van der Waals surface area contributed by atoms with E-state index < -0.39 is 0 Å². The van der Waals surface area contributed by atoms with Gasteiger partial charge in [-0.3, -0.25) is 4.79 Å². The summed E-state index contributed by atoms with van der Waals surface area (Å²) >= 11 is 3.43. The smallest absolute Gasteiger partial charge is 0.255 e. The lowest BCUT2D eigenvalue weighted by atomic mass is 10.2. The Morgan fingerprint density at radius 2 is 1.86 bits per heavy atom. The maximum Gasteiger partial charge on any atom is 0.255 e. The predicted molar refractivity (Wildman–Crippen MR) is 113 cm³/mol. The van der Waals surface area contributed by atoms with E-state index in [1.54, 1.807) is 10.9 Å². The molecule has 144 valence electrons. The molecule has 3 heterocycles. The van der Waals surface area contributed by atoms with Gasteiger partial charge in [-0.15, -0.1) is 0 Å². The third kappa shape index (κ3) is 3.94. The van der Waals surface area contributed by atoms with Gasteiger partial charge in [0.15, 0.2) is 0 Å². The molecule has 1 aliphatic rings. The van der Waals surface area contributed by atoms with Crippen LogP contribution in [0.5, 0.6) is 0 Å². The van der Waals surface area contributed by atoms with Gasteiger partial charge in [0, 0.05) is 30.3 Å². The van der Waals surface area contributed by atoms with Crippen LogP contribution in [0.3, 0.4) is 0 Å². The van der Waals surface area contributed by atoms with E-state index in [9.17, 15) is 4.79 Å². The van der Waals surface area contributed by atoms with Gasteiger partial charge in [0.2, 0.25) is 0 Å². The first-order valence-corrected chi connectivity index (χ1v) is 10.2. The molecule has 1 saturated heterocycles. The average Bonchev–Trinajstić information content (AvgIpc) is 3.37. The predicted octanol–water partition coefficient (Wildman–Crippen LogP) is 3.87. The number of hydrogen-bond acceptors (Lipinski definition) is 4. The standard InChI is InChI=1S/C21H22BrN5O/c1-15-19(14-25-27(15)18-7-5-17(22)6-8-18)21(28)24-13-16-4-9-20(23-12-16)26-10-2-3-11-26/h4-9,12,14H,2-3,10-11,13H2,1H3,(H,24,28). The Hall–Kier alpha value is -2.67. The van der Waals surface area contributed by atoms with Crippen LogP contribution in [0, 0.1) is 6.92 Å². The fraction of sp³-hybridized carbons (Fsp3) is 0.286. The minimum atomic E-state index is -0.135. The van der Waals surface area contributed by atoms with E-state index in [0.717, 1.165) is 40.3 Å². The van der Waals surface area contributed by atoms with Crippen LogP contribution in [0.2, 0.25) is 0 Å². The monoisotopic (exact) mass is 439 g/mol. The lowest BCUT2D eigenvalue weighted by Gasteiger charge is -2.16. The molecule has 2 aromatic heterocycles. The second-order valence-corrected chi connectivity index (χ2v) is 7.85. The Balaban J connectivity index is 1.40. The topological polar surface area (TPSA) is 63.1 Å². The Morgan fingerprint density at radius 3 is 2.54 bits per heavy atom. The SMILES string of the molecule is Cc1c(C(=O)NCc2ccc(N3CCCC3)nc2)cnn1-c1ccc(Br)cc1. The number of carbonyl (C=O) groups is 1. The molecule has 28 heavy (non-hydrogen) atoms. The van der Waals surface area contributed by atoms with Crippen LogP contribution in [0.25, 0.3) is 5.69 Å². The highest BCUT2D eigenvalue weighted by molar-refractivity contribution is 9.10. The van der Waals surface area contributed by atoms with Crippen LogP contribution in [0.4, 0.5) is 5.82 Å². The summed E-state index contributed by atoms with van der Waals surface area (Å²) in [5.74, 6) is 0.878. The third-order valence-corrected chi connectivity index (χ3v) is 5.55. The van der Waals surface area contributed by atoms with Gasteiger partial charge >= 0.3 is 0 Å². The number of carbonyl (C=O) groups excluding carboxylic acids is 1. The van der Waals surface area contributed by atoms with Gasteiger partial charge in [-0.25, -0.2) is 9.67 Å². The van der Waals surface area contributed by atoms with Crippen molar-refractivity contribution in [2.24, 2.45) is 0 Å². The highest BCUT2D eigenvalue weighted by atomic mass is 79.9. The minimum absolute atomic E-state index is 0.135. The van der Waals surface area contributed by atoms with E-state index in [1.807, 2.05) is 49.5 Å². The van der Waals surface area contributed by atoms with Gasteiger partial charge in [-0.05, 0) is 55.7 Å². The molecule has 0 aliphatic carbocycles. The second kappa shape index (κ2) is 8.14. The van der Waals surface area contributed by atoms with Crippen molar-refractivity contribution in [2.75, 3.05) is 18.0 Å². The number of hydrogen-bond donors (Lipinski definition) is 1. The van der Waals surface area contributed by atoms with Crippen molar-refractivity contribution in [1.29, 1.82) is 0 Å². The first-order valence-electron chi connectivity index (χ1n) is 9.40. The van der Waals surface area contributed by atoms with E-state index >= 15 is 0 Å². The van der Waals surface area contributed by atoms with Crippen LogP contribution in [-0.4, -0.2) is 33.8 Å². The van der Waals surface area contributed by atoms with Gasteiger partial charge in [0.1, 0.15) is 5.82 Å². The van der Waals surface area contributed by atoms with Crippen molar-refractivity contribution < 1.29 is 4.79 Å². The van der Waals surface area contributed by atoms with Crippen LogP contribution < -0.4 is 10.2 Å². The summed E-state index contributed by atoms with van der Waals surface area (Å²) < 4.78 is 2.77. The largest absolute Gasteiger partial charge is 0.357 e. The zero-order valence-electron chi connectivity index (χ0n) is 15.7. The molecule has 1 aliphatic heterocycles. The number of anilines is 1. The number of halogens is 1. The minimum Gasteiger partial charge on any atom is -0.357 e. The molecule has 0 saturated carbocycles. The lowest BCUT2D eigenvalue weighted by Crippen LogP contribution is -2.23. The lowest BCUT2D eigenvalue weighted by molar-refractivity contribution is 0.0950. The third-order valence-electron chi connectivity index (χ3n) is 5.02.